The quantitative estimate of drug-likeness (QED) is 0.732. The number of anilines is 1. The molecule has 2 N–H and O–H groups in total. The molecule has 2 aromatic rings. The Morgan fingerprint density at radius 3 is 2.41 bits per heavy atom. The standard InChI is InChI=1S/C16H21N3O5S3/c1-18(27(22,23)16-6-5-15(25-16)26(17,20)21)14-4-2-3-13(11-14)12-19-7-9-24-10-8-19/h2-6,11H,7-10,12H2,1H3,(H2,17,20,21). The number of nitrogens with zero attached hydrogens (tertiary/aromatic N) is 2. The molecule has 148 valence electrons. The van der Waals surface area contributed by atoms with Crippen LogP contribution in [0.15, 0.2) is 44.8 Å². The molecule has 0 radical (unpaired) electrons. The Bertz CT molecular complexity index is 1010. The Hall–Kier alpha value is -1.50. The minimum absolute atomic E-state index is 0.0763. The van der Waals surface area contributed by atoms with Gasteiger partial charge in [0.15, 0.2) is 0 Å². The number of sulfonamides is 2. The number of rotatable bonds is 6. The van der Waals surface area contributed by atoms with Crippen LogP contribution >= 0.6 is 11.3 Å². The van der Waals surface area contributed by atoms with Crippen molar-refractivity contribution in [2.45, 2.75) is 15.0 Å². The van der Waals surface area contributed by atoms with E-state index in [9.17, 15) is 16.8 Å². The average Bonchev–Trinajstić information content (AvgIpc) is 3.13. The third-order valence-corrected chi connectivity index (χ3v) is 9.01. The van der Waals surface area contributed by atoms with Gasteiger partial charge in [0.25, 0.3) is 10.0 Å². The van der Waals surface area contributed by atoms with E-state index < -0.39 is 20.0 Å². The van der Waals surface area contributed by atoms with Crippen LogP contribution in [0.5, 0.6) is 0 Å². The zero-order valence-corrected chi connectivity index (χ0v) is 17.2. The number of morpholine rings is 1. The molecule has 27 heavy (non-hydrogen) atoms. The van der Waals surface area contributed by atoms with E-state index in [1.54, 1.807) is 12.1 Å². The lowest BCUT2D eigenvalue weighted by Gasteiger charge is -2.27. The summed E-state index contributed by atoms with van der Waals surface area (Å²) < 4.78 is 54.7. The van der Waals surface area contributed by atoms with E-state index in [4.69, 9.17) is 9.88 Å². The van der Waals surface area contributed by atoms with Crippen molar-refractivity contribution < 1.29 is 21.6 Å². The van der Waals surface area contributed by atoms with Gasteiger partial charge in [-0.15, -0.1) is 11.3 Å². The molecule has 0 unspecified atom stereocenters. The molecule has 0 saturated carbocycles. The highest BCUT2D eigenvalue weighted by molar-refractivity contribution is 7.96. The van der Waals surface area contributed by atoms with Crippen molar-refractivity contribution in [3.63, 3.8) is 0 Å². The fraction of sp³-hybridized carbons (Fsp3) is 0.375. The molecule has 11 heteroatoms. The predicted octanol–water partition coefficient (Wildman–Crippen LogP) is 1.05. The number of hydrogen-bond donors (Lipinski definition) is 1. The van der Waals surface area contributed by atoms with Gasteiger partial charge in [-0.2, -0.15) is 0 Å². The van der Waals surface area contributed by atoms with Crippen LogP contribution in [0.4, 0.5) is 5.69 Å². The van der Waals surface area contributed by atoms with Crippen LogP contribution in [0, 0.1) is 0 Å². The van der Waals surface area contributed by atoms with Crippen LogP contribution in [-0.2, 0) is 31.3 Å². The molecule has 3 rings (SSSR count). The molecule has 8 nitrogen and oxygen atoms in total. The number of nitrogens with two attached hydrogens (primary N) is 1. The molecule has 1 aromatic heterocycles. The SMILES string of the molecule is CN(c1cccc(CN2CCOCC2)c1)S(=O)(=O)c1ccc(S(N)(=O)=O)s1. The smallest absolute Gasteiger partial charge is 0.273 e. The summed E-state index contributed by atoms with van der Waals surface area (Å²) in [6.45, 7) is 3.77. The van der Waals surface area contributed by atoms with Gasteiger partial charge >= 0.3 is 0 Å². The Labute approximate surface area is 163 Å². The molecule has 0 bridgehead atoms. The zero-order valence-electron chi connectivity index (χ0n) is 14.7. The van der Waals surface area contributed by atoms with Gasteiger partial charge in [-0.3, -0.25) is 9.21 Å². The number of hydrogen-bond acceptors (Lipinski definition) is 7. The van der Waals surface area contributed by atoms with Crippen LogP contribution in [-0.4, -0.2) is 55.1 Å². The minimum Gasteiger partial charge on any atom is -0.379 e. The second-order valence-corrected chi connectivity index (χ2v) is 11.2. The van der Waals surface area contributed by atoms with Crippen LogP contribution in [0.1, 0.15) is 5.56 Å². The molecule has 0 amide bonds. The van der Waals surface area contributed by atoms with Gasteiger partial charge in [-0.1, -0.05) is 12.1 Å². The van der Waals surface area contributed by atoms with Crippen molar-refractivity contribution in [1.82, 2.24) is 4.90 Å². The molecule has 0 atom stereocenters. The van der Waals surface area contributed by atoms with Crippen LogP contribution in [0.25, 0.3) is 0 Å². The molecular formula is C16H21N3O5S3. The Morgan fingerprint density at radius 2 is 1.78 bits per heavy atom. The van der Waals surface area contributed by atoms with E-state index in [1.165, 1.54) is 19.2 Å². The van der Waals surface area contributed by atoms with Gasteiger partial charge in [0.2, 0.25) is 10.0 Å². The summed E-state index contributed by atoms with van der Waals surface area (Å²) in [5.41, 5.74) is 1.50. The summed E-state index contributed by atoms with van der Waals surface area (Å²) in [5, 5.41) is 5.07. The molecule has 0 aliphatic carbocycles. The first-order chi connectivity index (χ1) is 12.7. The van der Waals surface area contributed by atoms with Crippen molar-refractivity contribution in [1.29, 1.82) is 0 Å². The predicted molar refractivity (Wildman–Crippen MR) is 104 cm³/mol. The summed E-state index contributed by atoms with van der Waals surface area (Å²) in [6.07, 6.45) is 0. The van der Waals surface area contributed by atoms with Crippen molar-refractivity contribution in [2.75, 3.05) is 37.7 Å². The van der Waals surface area contributed by atoms with E-state index in [0.29, 0.717) is 36.8 Å². The van der Waals surface area contributed by atoms with Gasteiger partial charge in [0.1, 0.15) is 8.42 Å². The van der Waals surface area contributed by atoms with Crippen LogP contribution < -0.4 is 9.44 Å². The van der Waals surface area contributed by atoms with Crippen molar-refractivity contribution in [3.05, 3.63) is 42.0 Å². The minimum atomic E-state index is -3.94. The summed E-state index contributed by atoms with van der Waals surface area (Å²) >= 11 is 0.638. The lowest BCUT2D eigenvalue weighted by Crippen LogP contribution is -2.35. The monoisotopic (exact) mass is 431 g/mol. The van der Waals surface area contributed by atoms with E-state index >= 15 is 0 Å². The first kappa shape index (κ1) is 20.2. The third-order valence-electron chi connectivity index (χ3n) is 4.24. The number of thiophene rings is 1. The van der Waals surface area contributed by atoms with Crippen molar-refractivity contribution in [3.8, 4) is 0 Å². The molecule has 2 heterocycles. The van der Waals surface area contributed by atoms with Gasteiger partial charge < -0.3 is 4.74 Å². The van der Waals surface area contributed by atoms with Gasteiger partial charge in [0.05, 0.1) is 18.9 Å². The molecular weight excluding hydrogens is 410 g/mol. The largest absolute Gasteiger partial charge is 0.379 e. The summed E-state index contributed by atoms with van der Waals surface area (Å²) in [7, 11) is -6.38. The fourth-order valence-corrected chi connectivity index (χ4v) is 6.28. The first-order valence-electron chi connectivity index (χ1n) is 8.18. The zero-order chi connectivity index (χ0) is 19.7. The van der Waals surface area contributed by atoms with Crippen molar-refractivity contribution in [2.24, 2.45) is 5.14 Å². The Morgan fingerprint density at radius 1 is 1.11 bits per heavy atom. The van der Waals surface area contributed by atoms with E-state index in [0.717, 1.165) is 23.0 Å². The second kappa shape index (κ2) is 7.86. The summed E-state index contributed by atoms with van der Waals surface area (Å²) in [5.74, 6) is 0. The highest BCUT2D eigenvalue weighted by atomic mass is 32.3. The number of benzene rings is 1. The summed E-state index contributed by atoms with van der Waals surface area (Å²) in [6, 6.07) is 9.74. The lowest BCUT2D eigenvalue weighted by atomic mass is 10.2. The summed E-state index contributed by atoms with van der Waals surface area (Å²) in [4.78, 5) is 2.24. The highest BCUT2D eigenvalue weighted by Gasteiger charge is 2.25. The maximum atomic E-state index is 12.8. The number of primary sulfonamides is 1. The van der Waals surface area contributed by atoms with Gasteiger partial charge in [-0.05, 0) is 29.8 Å². The van der Waals surface area contributed by atoms with Crippen molar-refractivity contribution >= 4 is 37.1 Å². The highest BCUT2D eigenvalue weighted by Crippen LogP contribution is 2.29. The molecule has 1 aromatic carbocycles. The van der Waals surface area contributed by atoms with Gasteiger partial charge in [0, 0.05) is 26.7 Å². The van der Waals surface area contributed by atoms with Crippen LogP contribution in [0.3, 0.4) is 0 Å². The number of ether oxygens (including phenoxy) is 1. The first-order valence-corrected chi connectivity index (χ1v) is 12.0. The van der Waals surface area contributed by atoms with E-state index in [2.05, 4.69) is 4.90 Å². The third kappa shape index (κ3) is 4.68. The Balaban J connectivity index is 1.82. The lowest BCUT2D eigenvalue weighted by molar-refractivity contribution is 0.0342. The fourth-order valence-electron chi connectivity index (χ4n) is 2.74. The van der Waals surface area contributed by atoms with E-state index in [-0.39, 0.29) is 8.42 Å². The topological polar surface area (TPSA) is 110 Å². The molecule has 1 aliphatic heterocycles. The van der Waals surface area contributed by atoms with E-state index in [1.807, 2.05) is 12.1 Å². The molecule has 0 spiro atoms. The normalized spacial score (nSPS) is 16.4. The molecule has 1 aliphatic rings. The second-order valence-electron chi connectivity index (χ2n) is 6.15. The maximum Gasteiger partial charge on any atom is 0.273 e. The van der Waals surface area contributed by atoms with Crippen LogP contribution in [0.2, 0.25) is 0 Å². The molecule has 1 fully saturated rings. The van der Waals surface area contributed by atoms with Gasteiger partial charge in [-0.25, -0.2) is 22.0 Å². The maximum absolute atomic E-state index is 12.8. The average molecular weight is 432 g/mol. The Kier molecular flexibility index (Phi) is 5.89. The molecule has 1 saturated heterocycles.